The molecule has 3 rings (SSSR count). The van der Waals surface area contributed by atoms with Gasteiger partial charge in [0.2, 0.25) is 0 Å². The Kier molecular flexibility index (Phi) is 5.63. The van der Waals surface area contributed by atoms with E-state index in [1.54, 1.807) is 0 Å². The largest absolute Gasteiger partial charge is 0.305 e. The fourth-order valence-corrected chi connectivity index (χ4v) is 3.28. The predicted molar refractivity (Wildman–Crippen MR) is 98.4 cm³/mol. The van der Waals surface area contributed by atoms with Gasteiger partial charge in [-0.15, -0.1) is 41.5 Å². The minimum atomic E-state index is 0. The van der Waals surface area contributed by atoms with Gasteiger partial charge in [-0.1, -0.05) is 57.0 Å². The van der Waals surface area contributed by atoms with Crippen molar-refractivity contribution in [2.45, 2.75) is 45.4 Å². The van der Waals surface area contributed by atoms with Gasteiger partial charge in [0, 0.05) is 26.3 Å². The van der Waals surface area contributed by atoms with Gasteiger partial charge in [0.25, 0.3) is 0 Å². The van der Waals surface area contributed by atoms with Gasteiger partial charge < -0.3 is 4.98 Å². The monoisotopic (exact) mass is 495 g/mol. The van der Waals surface area contributed by atoms with Crippen molar-refractivity contribution in [1.29, 1.82) is 0 Å². The van der Waals surface area contributed by atoms with Gasteiger partial charge in [0.05, 0.1) is 0 Å². The molecular formula is C22H24IrN-. The van der Waals surface area contributed by atoms with Gasteiger partial charge >= 0.3 is 0 Å². The van der Waals surface area contributed by atoms with Crippen molar-refractivity contribution in [2.75, 3.05) is 0 Å². The molecule has 1 heterocycles. The van der Waals surface area contributed by atoms with Crippen LogP contribution in [0.25, 0.3) is 17.3 Å². The fourth-order valence-electron chi connectivity index (χ4n) is 3.28. The van der Waals surface area contributed by atoms with E-state index < -0.39 is 0 Å². The molecule has 0 saturated heterocycles. The molecule has 0 atom stereocenters. The number of allylic oxidation sites excluding steroid dienone is 2. The SMILES string of the molecule is C=CCC1=Cc2cc(-c3cc(C(C)C)ccn3)[c-]cc2C1(C)C.[Ir]. The predicted octanol–water partition coefficient (Wildman–Crippen LogP) is 5.92. The van der Waals surface area contributed by atoms with Crippen LogP contribution in [0.1, 0.15) is 56.7 Å². The summed E-state index contributed by atoms with van der Waals surface area (Å²) in [5.74, 6) is 0.504. The van der Waals surface area contributed by atoms with Crippen LogP contribution in [-0.4, -0.2) is 4.98 Å². The maximum Gasteiger partial charge on any atom is 0.0163 e. The Morgan fingerprint density at radius 1 is 1.29 bits per heavy atom. The molecule has 0 fully saturated rings. The number of hydrogen-bond acceptors (Lipinski definition) is 1. The molecule has 0 aliphatic heterocycles. The summed E-state index contributed by atoms with van der Waals surface area (Å²) >= 11 is 0. The van der Waals surface area contributed by atoms with E-state index in [0.29, 0.717) is 5.92 Å². The summed E-state index contributed by atoms with van der Waals surface area (Å²) < 4.78 is 0. The molecule has 1 aliphatic rings. The molecular weight excluding hydrogens is 470 g/mol. The van der Waals surface area contributed by atoms with Gasteiger partial charge in [-0.3, -0.25) is 0 Å². The van der Waals surface area contributed by atoms with Gasteiger partial charge in [-0.05, 0) is 29.5 Å². The second kappa shape index (κ2) is 7.17. The summed E-state index contributed by atoms with van der Waals surface area (Å²) in [5, 5.41) is 0. The number of rotatable bonds is 4. The Bertz CT molecular complexity index is 784. The number of fused-ring (bicyclic) bond motifs is 1. The van der Waals surface area contributed by atoms with E-state index in [0.717, 1.165) is 17.7 Å². The van der Waals surface area contributed by atoms with Crippen molar-refractivity contribution >= 4 is 6.08 Å². The van der Waals surface area contributed by atoms with E-state index in [-0.39, 0.29) is 25.5 Å². The molecule has 2 heteroatoms. The number of hydrogen-bond donors (Lipinski definition) is 0. The molecule has 127 valence electrons. The zero-order valence-corrected chi connectivity index (χ0v) is 17.2. The first-order chi connectivity index (χ1) is 10.9. The van der Waals surface area contributed by atoms with E-state index >= 15 is 0 Å². The first-order valence-corrected chi connectivity index (χ1v) is 8.28. The van der Waals surface area contributed by atoms with Crippen LogP contribution in [-0.2, 0) is 25.5 Å². The third kappa shape index (κ3) is 3.31. The van der Waals surface area contributed by atoms with E-state index in [2.05, 4.69) is 75.7 Å². The third-order valence-corrected chi connectivity index (χ3v) is 4.88. The fraction of sp³-hybridized carbons (Fsp3) is 0.318. The van der Waals surface area contributed by atoms with Crippen LogP contribution < -0.4 is 0 Å². The summed E-state index contributed by atoms with van der Waals surface area (Å²) in [6.07, 6.45) is 7.12. The minimum absolute atomic E-state index is 0. The molecule has 1 aromatic carbocycles. The molecule has 0 saturated carbocycles. The second-order valence-corrected chi connectivity index (χ2v) is 7.13. The van der Waals surface area contributed by atoms with Crippen molar-refractivity contribution in [3.63, 3.8) is 0 Å². The average molecular weight is 495 g/mol. The molecule has 24 heavy (non-hydrogen) atoms. The summed E-state index contributed by atoms with van der Waals surface area (Å²) in [7, 11) is 0. The van der Waals surface area contributed by atoms with E-state index in [9.17, 15) is 0 Å². The molecule has 1 nitrogen and oxygen atoms in total. The van der Waals surface area contributed by atoms with Crippen LogP contribution in [0.4, 0.5) is 0 Å². The number of benzene rings is 1. The first kappa shape index (κ1) is 18.8. The Balaban J connectivity index is 0.00000208. The number of nitrogens with zero attached hydrogens (tertiary/aromatic N) is 1. The number of aromatic nitrogens is 1. The Morgan fingerprint density at radius 3 is 2.71 bits per heavy atom. The van der Waals surface area contributed by atoms with E-state index in [1.807, 2.05) is 12.3 Å². The Labute approximate surface area is 159 Å². The zero-order valence-electron chi connectivity index (χ0n) is 14.8. The molecule has 0 bridgehead atoms. The van der Waals surface area contributed by atoms with Gasteiger partial charge in [0.1, 0.15) is 0 Å². The normalized spacial score (nSPS) is 14.8. The van der Waals surface area contributed by atoms with Gasteiger partial charge in [0.15, 0.2) is 0 Å². The molecule has 0 unspecified atom stereocenters. The van der Waals surface area contributed by atoms with Crippen molar-refractivity contribution in [2.24, 2.45) is 0 Å². The van der Waals surface area contributed by atoms with Crippen molar-refractivity contribution < 1.29 is 20.1 Å². The van der Waals surface area contributed by atoms with Crippen LogP contribution >= 0.6 is 0 Å². The molecule has 1 aliphatic carbocycles. The van der Waals surface area contributed by atoms with Crippen LogP contribution in [0.2, 0.25) is 0 Å². The van der Waals surface area contributed by atoms with Gasteiger partial charge in [-0.25, -0.2) is 0 Å². The smallest absolute Gasteiger partial charge is 0.0163 e. The summed E-state index contributed by atoms with van der Waals surface area (Å²) in [5.41, 5.74) is 7.49. The molecule has 0 amide bonds. The summed E-state index contributed by atoms with van der Waals surface area (Å²) in [6.45, 7) is 12.9. The maximum atomic E-state index is 4.54. The summed E-state index contributed by atoms with van der Waals surface area (Å²) in [6, 6.07) is 12.1. The topological polar surface area (TPSA) is 12.9 Å². The zero-order chi connectivity index (χ0) is 16.6. The number of pyridine rings is 1. The average Bonchev–Trinajstić information content (AvgIpc) is 2.78. The minimum Gasteiger partial charge on any atom is -0.305 e. The standard InChI is InChI=1S/C22H24N.Ir/c1-6-7-19-13-18-12-17(8-9-20(18)22(19,4)5)21-14-16(15(2)3)10-11-23-21;/h6,9-15H,1,7H2,2-5H3;/q-1;. The molecule has 2 aromatic rings. The van der Waals surface area contributed by atoms with Crippen LogP contribution in [0, 0.1) is 6.07 Å². The molecule has 0 N–H and O–H groups in total. The third-order valence-electron chi connectivity index (χ3n) is 4.88. The quantitative estimate of drug-likeness (QED) is 0.380. The van der Waals surface area contributed by atoms with Crippen molar-refractivity contribution in [3.8, 4) is 11.3 Å². The Hall–Kier alpha value is -1.50. The van der Waals surface area contributed by atoms with Crippen LogP contribution in [0.15, 0.2) is 48.7 Å². The van der Waals surface area contributed by atoms with Crippen molar-refractivity contribution in [3.05, 3.63) is 71.4 Å². The Morgan fingerprint density at radius 2 is 2.04 bits per heavy atom. The van der Waals surface area contributed by atoms with Crippen molar-refractivity contribution in [1.82, 2.24) is 4.98 Å². The van der Waals surface area contributed by atoms with E-state index in [4.69, 9.17) is 0 Å². The molecule has 0 spiro atoms. The van der Waals surface area contributed by atoms with Crippen LogP contribution in [0.5, 0.6) is 0 Å². The summed E-state index contributed by atoms with van der Waals surface area (Å²) in [4.78, 5) is 4.54. The first-order valence-electron chi connectivity index (χ1n) is 8.28. The van der Waals surface area contributed by atoms with Gasteiger partial charge in [-0.2, -0.15) is 0 Å². The second-order valence-electron chi connectivity index (χ2n) is 7.13. The maximum absolute atomic E-state index is 4.54. The molecule has 1 radical (unpaired) electrons. The molecule has 1 aromatic heterocycles. The van der Waals surface area contributed by atoms with E-state index in [1.165, 1.54) is 22.3 Å². The van der Waals surface area contributed by atoms with Crippen LogP contribution in [0.3, 0.4) is 0 Å².